The maximum absolute atomic E-state index is 12.8. The third-order valence-electron chi connectivity index (χ3n) is 4.77. The van der Waals surface area contributed by atoms with Crippen LogP contribution in [0, 0.1) is 12.8 Å². The number of aromatic nitrogens is 2. The lowest BCUT2D eigenvalue weighted by Gasteiger charge is -2.12. The number of nitrogens with zero attached hydrogens (tertiary/aromatic N) is 2. The second-order valence-corrected chi connectivity index (χ2v) is 8.14. The van der Waals surface area contributed by atoms with Crippen molar-refractivity contribution in [3.63, 3.8) is 0 Å². The zero-order valence-corrected chi connectivity index (χ0v) is 16.8. The Kier molecular flexibility index (Phi) is 5.67. The van der Waals surface area contributed by atoms with Gasteiger partial charge < -0.3 is 10.6 Å². The number of pyridine rings is 2. The van der Waals surface area contributed by atoms with Gasteiger partial charge in [0, 0.05) is 31.4 Å². The molecule has 0 aliphatic heterocycles. The minimum Gasteiger partial charge on any atom is -0.369 e. The lowest BCUT2D eigenvalue weighted by Crippen LogP contribution is -2.27. The number of aryl methyl sites for hydroxylation is 1. The smallest absolute Gasteiger partial charge is 0.255 e. The Morgan fingerprint density at radius 2 is 2.14 bits per heavy atom. The summed E-state index contributed by atoms with van der Waals surface area (Å²) in [6, 6.07) is 11.8. The molecule has 0 spiro atoms. The van der Waals surface area contributed by atoms with Gasteiger partial charge in [0.25, 0.3) is 5.91 Å². The Labute approximate surface area is 169 Å². The molecule has 0 bridgehead atoms. The quantitative estimate of drug-likeness (QED) is 0.599. The second kappa shape index (κ2) is 8.52. The average molecular weight is 393 g/mol. The summed E-state index contributed by atoms with van der Waals surface area (Å²) in [6.45, 7) is 3.49. The van der Waals surface area contributed by atoms with Crippen molar-refractivity contribution in [2.75, 3.05) is 18.4 Å². The van der Waals surface area contributed by atoms with Crippen LogP contribution in [-0.4, -0.2) is 29.0 Å². The Bertz CT molecular complexity index is 950. The minimum atomic E-state index is -0.101. The number of anilines is 1. The van der Waals surface area contributed by atoms with Gasteiger partial charge in [-0.15, -0.1) is 11.3 Å². The van der Waals surface area contributed by atoms with E-state index in [4.69, 9.17) is 4.98 Å². The third-order valence-corrected chi connectivity index (χ3v) is 5.84. The molecule has 2 N–H and O–H groups in total. The number of hydrogen-bond donors (Lipinski definition) is 2. The minimum absolute atomic E-state index is 0.101. The summed E-state index contributed by atoms with van der Waals surface area (Å²) in [7, 11) is 0. The fourth-order valence-electron chi connectivity index (χ4n) is 2.99. The van der Waals surface area contributed by atoms with Crippen LogP contribution < -0.4 is 10.6 Å². The van der Waals surface area contributed by atoms with Crippen molar-refractivity contribution >= 4 is 23.1 Å². The topological polar surface area (TPSA) is 66.9 Å². The molecular weight excluding hydrogens is 368 g/mol. The van der Waals surface area contributed by atoms with Crippen molar-refractivity contribution in [1.29, 1.82) is 0 Å². The zero-order valence-electron chi connectivity index (χ0n) is 15.9. The summed E-state index contributed by atoms with van der Waals surface area (Å²) in [5.41, 5.74) is 3.70. The maximum atomic E-state index is 12.8. The Hall–Kier alpha value is -2.73. The molecule has 1 saturated carbocycles. The SMILES string of the molecule is Cc1csc(-c2ccc(C(=O)NCCc3ccccn3)c(NCC3CC3)n2)c1. The van der Waals surface area contributed by atoms with E-state index in [1.807, 2.05) is 30.3 Å². The van der Waals surface area contributed by atoms with Gasteiger partial charge in [0.2, 0.25) is 0 Å². The van der Waals surface area contributed by atoms with Crippen molar-refractivity contribution in [2.45, 2.75) is 26.2 Å². The Balaban J connectivity index is 1.48. The number of carbonyl (C=O) groups is 1. The van der Waals surface area contributed by atoms with E-state index in [0.29, 0.717) is 30.3 Å². The largest absolute Gasteiger partial charge is 0.369 e. The van der Waals surface area contributed by atoms with Gasteiger partial charge in [-0.1, -0.05) is 6.07 Å². The lowest BCUT2D eigenvalue weighted by atomic mass is 10.2. The van der Waals surface area contributed by atoms with Crippen molar-refractivity contribution in [1.82, 2.24) is 15.3 Å². The predicted molar refractivity (Wildman–Crippen MR) is 114 cm³/mol. The van der Waals surface area contributed by atoms with Crippen LogP contribution in [0.3, 0.4) is 0 Å². The first-order valence-corrected chi connectivity index (χ1v) is 10.6. The van der Waals surface area contributed by atoms with Crippen LogP contribution in [0.1, 0.15) is 34.5 Å². The Morgan fingerprint density at radius 3 is 2.86 bits per heavy atom. The molecule has 1 fully saturated rings. The first-order valence-electron chi connectivity index (χ1n) is 9.67. The van der Waals surface area contributed by atoms with E-state index in [0.717, 1.165) is 22.8 Å². The lowest BCUT2D eigenvalue weighted by molar-refractivity contribution is 0.0954. The standard InChI is InChI=1S/C22H24N4OS/c1-15-12-20(28-14-15)19-8-7-18(21(26-19)25-13-16-5-6-16)22(27)24-11-9-17-4-2-3-10-23-17/h2-4,7-8,10,12,14,16H,5-6,9,11,13H2,1H3,(H,24,27)(H,25,26). The molecule has 3 aromatic rings. The molecule has 0 radical (unpaired) electrons. The molecule has 0 saturated heterocycles. The highest BCUT2D eigenvalue weighted by molar-refractivity contribution is 7.13. The maximum Gasteiger partial charge on any atom is 0.255 e. The molecule has 4 rings (SSSR count). The number of rotatable bonds is 8. The third kappa shape index (κ3) is 4.75. The first-order chi connectivity index (χ1) is 13.7. The van der Waals surface area contributed by atoms with Crippen LogP contribution in [0.4, 0.5) is 5.82 Å². The van der Waals surface area contributed by atoms with E-state index in [9.17, 15) is 4.79 Å². The molecule has 6 heteroatoms. The van der Waals surface area contributed by atoms with Crippen LogP contribution in [0.2, 0.25) is 0 Å². The average Bonchev–Trinajstić information content (AvgIpc) is 3.45. The van der Waals surface area contributed by atoms with Gasteiger partial charge >= 0.3 is 0 Å². The van der Waals surface area contributed by atoms with Crippen molar-refractivity contribution in [2.24, 2.45) is 5.92 Å². The highest BCUT2D eigenvalue weighted by atomic mass is 32.1. The summed E-state index contributed by atoms with van der Waals surface area (Å²) in [5.74, 6) is 1.27. The Morgan fingerprint density at radius 1 is 1.25 bits per heavy atom. The first kappa shape index (κ1) is 18.6. The zero-order chi connectivity index (χ0) is 19.3. The summed E-state index contributed by atoms with van der Waals surface area (Å²) >= 11 is 1.68. The van der Waals surface area contributed by atoms with Gasteiger partial charge in [0.1, 0.15) is 5.82 Å². The summed E-state index contributed by atoms with van der Waals surface area (Å²) in [5, 5.41) is 8.52. The highest BCUT2D eigenvalue weighted by Gasteiger charge is 2.22. The van der Waals surface area contributed by atoms with Crippen LogP contribution >= 0.6 is 11.3 Å². The normalized spacial score (nSPS) is 13.3. The van der Waals surface area contributed by atoms with E-state index < -0.39 is 0 Å². The predicted octanol–water partition coefficient (Wildman–Crippen LogP) is 4.31. The molecule has 1 aliphatic carbocycles. The number of amides is 1. The van der Waals surface area contributed by atoms with Crippen molar-refractivity contribution in [3.05, 3.63) is 64.8 Å². The molecule has 5 nitrogen and oxygen atoms in total. The van der Waals surface area contributed by atoms with Crippen LogP contribution in [0.15, 0.2) is 48.0 Å². The molecule has 1 aliphatic rings. The van der Waals surface area contributed by atoms with Gasteiger partial charge in [0.05, 0.1) is 16.1 Å². The fraction of sp³-hybridized carbons (Fsp3) is 0.318. The summed E-state index contributed by atoms with van der Waals surface area (Å²) in [6.07, 6.45) is 4.98. The summed E-state index contributed by atoms with van der Waals surface area (Å²) in [4.78, 5) is 22.9. The molecule has 144 valence electrons. The van der Waals surface area contributed by atoms with Gasteiger partial charge in [-0.05, 0) is 67.0 Å². The number of nitrogens with one attached hydrogen (secondary N) is 2. The molecule has 0 atom stereocenters. The van der Waals surface area contributed by atoms with E-state index in [1.165, 1.54) is 18.4 Å². The van der Waals surface area contributed by atoms with Gasteiger partial charge in [-0.2, -0.15) is 0 Å². The van der Waals surface area contributed by atoms with Gasteiger partial charge in [-0.25, -0.2) is 4.98 Å². The van der Waals surface area contributed by atoms with E-state index >= 15 is 0 Å². The van der Waals surface area contributed by atoms with Crippen molar-refractivity contribution < 1.29 is 4.79 Å². The van der Waals surface area contributed by atoms with E-state index in [2.05, 4.69) is 34.0 Å². The van der Waals surface area contributed by atoms with Crippen LogP contribution in [0.5, 0.6) is 0 Å². The molecule has 1 amide bonds. The van der Waals surface area contributed by atoms with Crippen LogP contribution in [0.25, 0.3) is 10.6 Å². The monoisotopic (exact) mass is 392 g/mol. The second-order valence-electron chi connectivity index (χ2n) is 7.23. The number of thiophene rings is 1. The van der Waals surface area contributed by atoms with Crippen molar-refractivity contribution in [3.8, 4) is 10.6 Å². The van der Waals surface area contributed by atoms with Crippen LogP contribution in [-0.2, 0) is 6.42 Å². The molecular formula is C22H24N4OS. The highest BCUT2D eigenvalue weighted by Crippen LogP contribution is 2.31. The molecule has 0 unspecified atom stereocenters. The fourth-order valence-corrected chi connectivity index (χ4v) is 3.86. The van der Waals surface area contributed by atoms with E-state index in [1.54, 1.807) is 17.5 Å². The van der Waals surface area contributed by atoms with Gasteiger partial charge in [0.15, 0.2) is 0 Å². The summed E-state index contributed by atoms with van der Waals surface area (Å²) < 4.78 is 0. The number of carbonyl (C=O) groups excluding carboxylic acids is 1. The molecule has 3 heterocycles. The number of hydrogen-bond acceptors (Lipinski definition) is 5. The van der Waals surface area contributed by atoms with Gasteiger partial charge in [-0.3, -0.25) is 9.78 Å². The molecule has 3 aromatic heterocycles. The van der Waals surface area contributed by atoms with E-state index in [-0.39, 0.29) is 5.91 Å². The molecule has 28 heavy (non-hydrogen) atoms. The molecule has 0 aromatic carbocycles.